The summed E-state index contributed by atoms with van der Waals surface area (Å²) in [5, 5.41) is 8.86. The van der Waals surface area contributed by atoms with Crippen LogP contribution in [-0.4, -0.2) is 45.2 Å². The Morgan fingerprint density at radius 3 is 2.50 bits per heavy atom. The van der Waals surface area contributed by atoms with Crippen LogP contribution in [0, 0.1) is 5.92 Å². The van der Waals surface area contributed by atoms with Crippen LogP contribution in [0.2, 0.25) is 0 Å². The highest BCUT2D eigenvalue weighted by atomic mass is 19.3. The SMILES string of the molecule is CCCOc1ccc(CNC(=NC)NCCNC(=O)C(C)C)c(OC(F)F)c1. The molecule has 0 unspecified atom stereocenters. The van der Waals surface area contributed by atoms with Gasteiger partial charge in [-0.2, -0.15) is 8.78 Å². The summed E-state index contributed by atoms with van der Waals surface area (Å²) >= 11 is 0. The van der Waals surface area contributed by atoms with Gasteiger partial charge >= 0.3 is 6.61 Å². The molecule has 1 rings (SSSR count). The lowest BCUT2D eigenvalue weighted by molar-refractivity contribution is -0.123. The number of carbonyl (C=O) groups excluding carboxylic acids is 1. The minimum absolute atomic E-state index is 0.0242. The van der Waals surface area contributed by atoms with Gasteiger partial charge in [-0.3, -0.25) is 9.79 Å². The number of hydrogen-bond acceptors (Lipinski definition) is 4. The normalized spacial score (nSPS) is 11.5. The van der Waals surface area contributed by atoms with Gasteiger partial charge in [0.2, 0.25) is 5.91 Å². The number of nitrogens with one attached hydrogen (secondary N) is 3. The predicted molar refractivity (Wildman–Crippen MR) is 105 cm³/mol. The highest BCUT2D eigenvalue weighted by Gasteiger charge is 2.12. The fourth-order valence-electron chi connectivity index (χ4n) is 2.17. The molecule has 1 aromatic rings. The van der Waals surface area contributed by atoms with E-state index in [1.54, 1.807) is 19.2 Å². The molecule has 158 valence electrons. The Bertz CT molecular complexity index is 640. The summed E-state index contributed by atoms with van der Waals surface area (Å²) in [4.78, 5) is 15.6. The lowest BCUT2D eigenvalue weighted by Crippen LogP contribution is -2.41. The van der Waals surface area contributed by atoms with Crippen molar-refractivity contribution in [3.8, 4) is 11.5 Å². The molecule has 0 aliphatic carbocycles. The van der Waals surface area contributed by atoms with Crippen LogP contribution in [-0.2, 0) is 11.3 Å². The average Bonchev–Trinajstić information content (AvgIpc) is 2.66. The fourth-order valence-corrected chi connectivity index (χ4v) is 2.17. The zero-order chi connectivity index (χ0) is 20.9. The molecule has 7 nitrogen and oxygen atoms in total. The summed E-state index contributed by atoms with van der Waals surface area (Å²) in [5.41, 5.74) is 0.542. The smallest absolute Gasteiger partial charge is 0.387 e. The Kier molecular flexibility index (Phi) is 10.7. The van der Waals surface area contributed by atoms with Crippen molar-refractivity contribution < 1.29 is 23.0 Å². The zero-order valence-electron chi connectivity index (χ0n) is 16.9. The molecule has 3 N–H and O–H groups in total. The number of alkyl halides is 2. The third-order valence-corrected chi connectivity index (χ3v) is 3.64. The molecular weight excluding hydrogens is 370 g/mol. The molecule has 28 heavy (non-hydrogen) atoms. The van der Waals surface area contributed by atoms with Crippen LogP contribution >= 0.6 is 0 Å². The summed E-state index contributed by atoms with van der Waals surface area (Å²) in [7, 11) is 1.60. The fraction of sp³-hybridized carbons (Fsp3) is 0.579. The maximum atomic E-state index is 12.7. The Morgan fingerprint density at radius 2 is 1.89 bits per heavy atom. The first-order valence-electron chi connectivity index (χ1n) is 9.30. The van der Waals surface area contributed by atoms with E-state index in [9.17, 15) is 13.6 Å². The van der Waals surface area contributed by atoms with Gasteiger partial charge in [0.25, 0.3) is 0 Å². The van der Waals surface area contributed by atoms with Gasteiger partial charge < -0.3 is 25.4 Å². The second-order valence-electron chi connectivity index (χ2n) is 6.29. The summed E-state index contributed by atoms with van der Waals surface area (Å²) in [5.74, 6) is 0.910. The van der Waals surface area contributed by atoms with Gasteiger partial charge in [0.15, 0.2) is 5.96 Å². The van der Waals surface area contributed by atoms with E-state index in [0.717, 1.165) is 6.42 Å². The molecule has 0 saturated carbocycles. The number of benzene rings is 1. The lowest BCUT2D eigenvalue weighted by Gasteiger charge is -2.16. The van der Waals surface area contributed by atoms with Crippen molar-refractivity contribution in [1.82, 2.24) is 16.0 Å². The zero-order valence-corrected chi connectivity index (χ0v) is 16.9. The molecular formula is C19H30F2N4O3. The maximum Gasteiger partial charge on any atom is 0.387 e. The third-order valence-electron chi connectivity index (χ3n) is 3.64. The van der Waals surface area contributed by atoms with Crippen LogP contribution in [0.25, 0.3) is 0 Å². The molecule has 0 atom stereocenters. The van der Waals surface area contributed by atoms with E-state index >= 15 is 0 Å². The molecule has 0 radical (unpaired) electrons. The van der Waals surface area contributed by atoms with E-state index in [2.05, 4.69) is 25.7 Å². The van der Waals surface area contributed by atoms with E-state index in [1.165, 1.54) is 6.07 Å². The van der Waals surface area contributed by atoms with Gasteiger partial charge in [0.05, 0.1) is 6.61 Å². The molecule has 9 heteroatoms. The summed E-state index contributed by atoms with van der Waals surface area (Å²) in [6, 6.07) is 4.84. The number of rotatable bonds is 11. The molecule has 0 bridgehead atoms. The topological polar surface area (TPSA) is 84.0 Å². The van der Waals surface area contributed by atoms with E-state index in [4.69, 9.17) is 4.74 Å². The Labute approximate surface area is 164 Å². The van der Waals surface area contributed by atoms with Crippen molar-refractivity contribution in [3.63, 3.8) is 0 Å². The number of nitrogens with zero attached hydrogens (tertiary/aromatic N) is 1. The molecule has 0 aliphatic heterocycles. The molecule has 0 heterocycles. The van der Waals surface area contributed by atoms with Crippen molar-refractivity contribution >= 4 is 11.9 Å². The Balaban J connectivity index is 2.61. The van der Waals surface area contributed by atoms with Crippen LogP contribution in [0.5, 0.6) is 11.5 Å². The van der Waals surface area contributed by atoms with Gasteiger partial charge in [0, 0.05) is 44.2 Å². The number of aliphatic imine (C=N–C) groups is 1. The predicted octanol–water partition coefficient (Wildman–Crippen LogP) is 2.51. The van der Waals surface area contributed by atoms with Crippen molar-refractivity contribution in [1.29, 1.82) is 0 Å². The summed E-state index contributed by atoms with van der Waals surface area (Å²) in [6.45, 7) is 4.32. The van der Waals surface area contributed by atoms with Gasteiger partial charge in [-0.1, -0.05) is 20.8 Å². The van der Waals surface area contributed by atoms with Gasteiger partial charge in [-0.15, -0.1) is 0 Å². The van der Waals surface area contributed by atoms with E-state index in [-0.39, 0.29) is 24.1 Å². The quantitative estimate of drug-likeness (QED) is 0.302. The molecule has 0 aromatic heterocycles. The Hall–Kier alpha value is -2.58. The third kappa shape index (κ3) is 8.88. The van der Waals surface area contributed by atoms with Crippen molar-refractivity contribution in [2.24, 2.45) is 10.9 Å². The van der Waals surface area contributed by atoms with Crippen molar-refractivity contribution in [3.05, 3.63) is 23.8 Å². The van der Waals surface area contributed by atoms with Crippen molar-refractivity contribution in [2.75, 3.05) is 26.7 Å². The van der Waals surface area contributed by atoms with Crippen LogP contribution in [0.15, 0.2) is 23.2 Å². The number of guanidine groups is 1. The first-order chi connectivity index (χ1) is 13.4. The minimum atomic E-state index is -2.93. The minimum Gasteiger partial charge on any atom is -0.493 e. The first-order valence-corrected chi connectivity index (χ1v) is 9.30. The number of halogens is 2. The molecule has 0 spiro atoms. The molecule has 0 saturated heterocycles. The largest absolute Gasteiger partial charge is 0.493 e. The maximum absolute atomic E-state index is 12.7. The monoisotopic (exact) mass is 400 g/mol. The molecule has 0 aliphatic rings. The second-order valence-corrected chi connectivity index (χ2v) is 6.29. The lowest BCUT2D eigenvalue weighted by atomic mass is 10.2. The van der Waals surface area contributed by atoms with E-state index < -0.39 is 6.61 Å². The number of amides is 1. The highest BCUT2D eigenvalue weighted by molar-refractivity contribution is 5.80. The van der Waals surface area contributed by atoms with E-state index in [0.29, 0.717) is 37.0 Å². The summed E-state index contributed by atoms with van der Waals surface area (Å²) < 4.78 is 35.5. The van der Waals surface area contributed by atoms with Crippen LogP contribution in [0.4, 0.5) is 8.78 Å². The van der Waals surface area contributed by atoms with Gasteiger partial charge in [-0.05, 0) is 18.6 Å². The van der Waals surface area contributed by atoms with Crippen LogP contribution < -0.4 is 25.4 Å². The second kappa shape index (κ2) is 12.7. The van der Waals surface area contributed by atoms with Gasteiger partial charge in [-0.25, -0.2) is 0 Å². The molecule has 0 fully saturated rings. The summed E-state index contributed by atoms with van der Waals surface area (Å²) in [6.07, 6.45) is 0.813. The first kappa shape index (κ1) is 23.5. The standard InChI is InChI=1S/C19H30F2N4O3/c1-5-10-27-15-7-6-14(16(11-15)28-18(20)21)12-25-19(22-4)24-9-8-23-17(26)13(2)3/h6-7,11,13,18H,5,8-10,12H2,1-4H3,(H,23,26)(H2,22,24,25). The number of carbonyl (C=O) groups is 1. The number of hydrogen-bond donors (Lipinski definition) is 3. The van der Waals surface area contributed by atoms with Crippen LogP contribution in [0.3, 0.4) is 0 Å². The van der Waals surface area contributed by atoms with Crippen molar-refractivity contribution in [2.45, 2.75) is 40.3 Å². The highest BCUT2D eigenvalue weighted by Crippen LogP contribution is 2.26. The average molecular weight is 400 g/mol. The van der Waals surface area contributed by atoms with E-state index in [1.807, 2.05) is 20.8 Å². The number of ether oxygens (including phenoxy) is 2. The molecule has 1 aromatic carbocycles. The van der Waals surface area contributed by atoms with Crippen LogP contribution in [0.1, 0.15) is 32.8 Å². The molecule has 1 amide bonds. The Morgan fingerprint density at radius 1 is 1.18 bits per heavy atom. The van der Waals surface area contributed by atoms with Gasteiger partial charge in [0.1, 0.15) is 11.5 Å².